The second-order valence-corrected chi connectivity index (χ2v) is 5.42. The van der Waals surface area contributed by atoms with Crippen LogP contribution in [0, 0.1) is 13.8 Å². The zero-order valence-corrected chi connectivity index (χ0v) is 12.1. The van der Waals surface area contributed by atoms with Crippen molar-refractivity contribution in [2.75, 3.05) is 11.9 Å². The molecule has 104 valence electrons. The number of nitrogens with zero attached hydrogens (tertiary/aromatic N) is 2. The summed E-state index contributed by atoms with van der Waals surface area (Å²) in [6.07, 6.45) is 0.906. The number of hydrogen-bond donors (Lipinski definition) is 2. The molecule has 6 heteroatoms. The molecule has 0 aliphatic heterocycles. The van der Waals surface area contributed by atoms with Crippen LogP contribution in [0.3, 0.4) is 0 Å². The summed E-state index contributed by atoms with van der Waals surface area (Å²) >= 11 is 1.57. The third-order valence-electron chi connectivity index (χ3n) is 3.36. The van der Waals surface area contributed by atoms with E-state index >= 15 is 0 Å². The van der Waals surface area contributed by atoms with Crippen molar-refractivity contribution in [2.24, 2.45) is 0 Å². The van der Waals surface area contributed by atoms with Gasteiger partial charge in [-0.3, -0.25) is 0 Å². The lowest BCUT2D eigenvalue weighted by Gasteiger charge is -2.11. The average Bonchev–Trinajstić information content (AvgIpc) is 3.06. The van der Waals surface area contributed by atoms with Crippen LogP contribution in [0.1, 0.15) is 23.0 Å². The topological polar surface area (TPSA) is 71.2 Å². The molecule has 0 bridgehead atoms. The Morgan fingerprint density at radius 1 is 1.40 bits per heavy atom. The smallest absolute Gasteiger partial charge is 0.231 e. The minimum atomic E-state index is -0.556. The minimum absolute atomic E-state index is 0.395. The lowest BCUT2D eigenvalue weighted by molar-refractivity contribution is 0.192. The van der Waals surface area contributed by atoms with Gasteiger partial charge in [-0.1, -0.05) is 0 Å². The molecule has 0 spiro atoms. The Morgan fingerprint density at radius 3 is 3.00 bits per heavy atom. The molecule has 2 N–H and O–H groups in total. The first kappa shape index (κ1) is 13.1. The normalized spacial score (nSPS) is 12.8. The summed E-state index contributed by atoms with van der Waals surface area (Å²) in [7, 11) is 0. The van der Waals surface area contributed by atoms with Crippen molar-refractivity contribution in [3.8, 4) is 0 Å². The van der Waals surface area contributed by atoms with Crippen molar-refractivity contribution in [2.45, 2.75) is 20.0 Å². The van der Waals surface area contributed by atoms with Gasteiger partial charge >= 0.3 is 0 Å². The van der Waals surface area contributed by atoms with Crippen molar-refractivity contribution in [1.29, 1.82) is 0 Å². The molecule has 0 saturated carbocycles. The third kappa shape index (κ3) is 2.28. The van der Waals surface area contributed by atoms with Gasteiger partial charge in [-0.05, 0) is 36.2 Å². The standard InChI is InChI=1S/C14H15N3O2S/c1-8-9(2)19-14-12(8)13(16-7-17-14)15-5-11(18)10-3-4-20-6-10/h3-4,6-7,11,18H,5H2,1-2H3,(H,15,16,17). The van der Waals surface area contributed by atoms with E-state index in [1.165, 1.54) is 6.33 Å². The van der Waals surface area contributed by atoms with E-state index in [-0.39, 0.29) is 0 Å². The number of hydrogen-bond acceptors (Lipinski definition) is 6. The number of thiophene rings is 1. The van der Waals surface area contributed by atoms with Crippen LogP contribution in [0.2, 0.25) is 0 Å². The summed E-state index contributed by atoms with van der Waals surface area (Å²) in [4.78, 5) is 8.37. The lowest BCUT2D eigenvalue weighted by Crippen LogP contribution is -2.12. The summed E-state index contributed by atoms with van der Waals surface area (Å²) in [5.74, 6) is 1.53. The SMILES string of the molecule is Cc1oc2ncnc(NCC(O)c3ccsc3)c2c1C. The molecule has 0 fully saturated rings. The second kappa shape index (κ2) is 5.22. The zero-order valence-electron chi connectivity index (χ0n) is 11.3. The van der Waals surface area contributed by atoms with E-state index in [4.69, 9.17) is 4.42 Å². The van der Waals surface area contributed by atoms with E-state index in [0.717, 1.165) is 22.3 Å². The van der Waals surface area contributed by atoms with Crippen LogP contribution < -0.4 is 5.32 Å². The van der Waals surface area contributed by atoms with E-state index in [2.05, 4.69) is 15.3 Å². The fourth-order valence-corrected chi connectivity index (χ4v) is 2.80. The number of anilines is 1. The molecule has 3 heterocycles. The van der Waals surface area contributed by atoms with Gasteiger partial charge in [0.25, 0.3) is 0 Å². The van der Waals surface area contributed by atoms with Crippen LogP contribution in [-0.2, 0) is 0 Å². The first-order valence-corrected chi connectivity index (χ1v) is 7.26. The van der Waals surface area contributed by atoms with E-state index in [0.29, 0.717) is 18.1 Å². The Bertz CT molecular complexity index is 721. The van der Waals surface area contributed by atoms with E-state index in [9.17, 15) is 5.11 Å². The summed E-state index contributed by atoms with van der Waals surface area (Å²) in [6, 6.07) is 1.92. The molecule has 0 saturated heterocycles. The molecule has 3 aromatic rings. The number of furan rings is 1. The maximum Gasteiger partial charge on any atom is 0.231 e. The Balaban J connectivity index is 1.84. The van der Waals surface area contributed by atoms with E-state index < -0.39 is 6.10 Å². The Kier molecular flexibility index (Phi) is 3.42. The summed E-state index contributed by atoms with van der Waals surface area (Å²) < 4.78 is 5.57. The van der Waals surface area contributed by atoms with Crippen LogP contribution in [0.25, 0.3) is 11.1 Å². The average molecular weight is 289 g/mol. The predicted octanol–water partition coefficient (Wildman–Crippen LogP) is 3.05. The molecule has 1 atom stereocenters. The molecule has 0 radical (unpaired) electrons. The van der Waals surface area contributed by atoms with Crippen LogP contribution >= 0.6 is 11.3 Å². The molecule has 1 unspecified atom stereocenters. The summed E-state index contributed by atoms with van der Waals surface area (Å²) in [5, 5.41) is 18.0. The molecule has 20 heavy (non-hydrogen) atoms. The van der Waals surface area contributed by atoms with Crippen LogP contribution in [0.5, 0.6) is 0 Å². The highest BCUT2D eigenvalue weighted by molar-refractivity contribution is 7.07. The Labute approximate surface area is 120 Å². The highest BCUT2D eigenvalue weighted by Crippen LogP contribution is 2.28. The Hall–Kier alpha value is -1.92. The quantitative estimate of drug-likeness (QED) is 0.772. The maximum atomic E-state index is 10.1. The molecular formula is C14H15N3O2S. The van der Waals surface area contributed by atoms with Gasteiger partial charge in [0, 0.05) is 12.1 Å². The molecule has 0 aliphatic carbocycles. The number of nitrogens with one attached hydrogen (secondary N) is 1. The number of aromatic nitrogens is 2. The number of rotatable bonds is 4. The molecule has 0 aromatic carbocycles. The molecule has 5 nitrogen and oxygen atoms in total. The van der Waals surface area contributed by atoms with Gasteiger partial charge in [0.05, 0.1) is 11.5 Å². The van der Waals surface area contributed by atoms with Gasteiger partial charge in [-0.2, -0.15) is 11.3 Å². The molecular weight excluding hydrogens is 274 g/mol. The molecule has 3 rings (SSSR count). The van der Waals surface area contributed by atoms with E-state index in [1.54, 1.807) is 11.3 Å². The fourth-order valence-electron chi connectivity index (χ4n) is 2.09. The van der Waals surface area contributed by atoms with Crippen molar-refractivity contribution < 1.29 is 9.52 Å². The number of fused-ring (bicyclic) bond motifs is 1. The largest absolute Gasteiger partial charge is 0.443 e. The Morgan fingerprint density at radius 2 is 2.25 bits per heavy atom. The van der Waals surface area contributed by atoms with Crippen LogP contribution in [0.4, 0.5) is 5.82 Å². The van der Waals surface area contributed by atoms with Crippen molar-refractivity contribution in [3.05, 3.63) is 40.0 Å². The molecule has 0 aliphatic rings. The second-order valence-electron chi connectivity index (χ2n) is 4.64. The van der Waals surface area contributed by atoms with Crippen molar-refractivity contribution in [1.82, 2.24) is 9.97 Å². The first-order chi connectivity index (χ1) is 9.66. The summed E-state index contributed by atoms with van der Waals surface area (Å²) in [5.41, 5.74) is 2.50. The van der Waals surface area contributed by atoms with Gasteiger partial charge in [-0.15, -0.1) is 0 Å². The van der Waals surface area contributed by atoms with Gasteiger partial charge < -0.3 is 14.8 Å². The van der Waals surface area contributed by atoms with E-state index in [1.807, 2.05) is 30.7 Å². The minimum Gasteiger partial charge on any atom is -0.443 e. The summed E-state index contributed by atoms with van der Waals surface area (Å²) in [6.45, 7) is 4.28. The highest BCUT2D eigenvalue weighted by Gasteiger charge is 2.15. The predicted molar refractivity (Wildman–Crippen MR) is 79.0 cm³/mol. The van der Waals surface area contributed by atoms with Gasteiger partial charge in [0.15, 0.2) is 0 Å². The highest BCUT2D eigenvalue weighted by atomic mass is 32.1. The molecule has 0 amide bonds. The lowest BCUT2D eigenvalue weighted by atomic mass is 10.2. The van der Waals surface area contributed by atoms with Gasteiger partial charge in [-0.25, -0.2) is 9.97 Å². The molecule has 3 aromatic heterocycles. The van der Waals surface area contributed by atoms with Crippen molar-refractivity contribution >= 4 is 28.3 Å². The number of aliphatic hydroxyl groups excluding tert-OH is 1. The van der Waals surface area contributed by atoms with Crippen molar-refractivity contribution in [3.63, 3.8) is 0 Å². The third-order valence-corrected chi connectivity index (χ3v) is 4.06. The monoisotopic (exact) mass is 289 g/mol. The van der Waals surface area contributed by atoms with Crippen LogP contribution in [0.15, 0.2) is 27.6 Å². The van der Waals surface area contributed by atoms with Gasteiger partial charge in [0.1, 0.15) is 17.9 Å². The maximum absolute atomic E-state index is 10.1. The first-order valence-electron chi connectivity index (χ1n) is 6.31. The number of aryl methyl sites for hydroxylation is 2. The van der Waals surface area contributed by atoms with Crippen LogP contribution in [-0.4, -0.2) is 21.6 Å². The van der Waals surface area contributed by atoms with Gasteiger partial charge in [0.2, 0.25) is 5.71 Å². The number of aliphatic hydroxyl groups is 1. The fraction of sp³-hybridized carbons (Fsp3) is 0.286. The zero-order chi connectivity index (χ0) is 14.1.